The van der Waals surface area contributed by atoms with Gasteiger partial charge in [0.25, 0.3) is 11.6 Å². The van der Waals surface area contributed by atoms with Gasteiger partial charge in [-0.05, 0) is 0 Å². The van der Waals surface area contributed by atoms with E-state index in [-0.39, 0.29) is 18.7 Å². The molecular formula is C10H12N4O4. The molecule has 3 rings (SSSR count). The first kappa shape index (κ1) is 11.0. The second kappa shape index (κ2) is 3.45. The van der Waals surface area contributed by atoms with Crippen molar-refractivity contribution in [3.8, 4) is 6.01 Å². The first-order valence-corrected chi connectivity index (χ1v) is 5.48. The van der Waals surface area contributed by atoms with Crippen LogP contribution in [0.15, 0.2) is 9.59 Å². The van der Waals surface area contributed by atoms with Crippen LogP contribution in [0, 0.1) is 0 Å². The molecule has 3 heterocycles. The molecule has 0 aromatic carbocycles. The highest BCUT2D eigenvalue weighted by Crippen LogP contribution is 2.24. The Hall–Kier alpha value is -2.09. The maximum Gasteiger partial charge on any atom is 0.332 e. The fraction of sp³-hybridized carbons (Fsp3) is 0.500. The molecule has 0 saturated carbocycles. The molecule has 0 aliphatic carbocycles. The molecule has 1 atom stereocenters. The molecule has 2 aromatic rings. The fourth-order valence-electron chi connectivity index (χ4n) is 2.17. The predicted molar refractivity (Wildman–Crippen MR) is 61.7 cm³/mol. The van der Waals surface area contributed by atoms with Gasteiger partial charge in [-0.3, -0.25) is 18.5 Å². The van der Waals surface area contributed by atoms with Gasteiger partial charge in [0.05, 0.1) is 13.2 Å². The molecule has 0 amide bonds. The van der Waals surface area contributed by atoms with Crippen LogP contribution in [0.25, 0.3) is 11.2 Å². The molecule has 0 unspecified atom stereocenters. The van der Waals surface area contributed by atoms with Crippen molar-refractivity contribution in [1.29, 1.82) is 0 Å². The molecular weight excluding hydrogens is 240 g/mol. The minimum absolute atomic E-state index is 0.142. The van der Waals surface area contributed by atoms with E-state index in [2.05, 4.69) is 4.98 Å². The van der Waals surface area contributed by atoms with Crippen LogP contribution in [0.4, 0.5) is 0 Å². The van der Waals surface area contributed by atoms with Crippen LogP contribution in [0.1, 0.15) is 0 Å². The molecule has 1 N–H and O–H groups in total. The second-order valence-corrected chi connectivity index (χ2v) is 4.31. The van der Waals surface area contributed by atoms with E-state index in [1.807, 2.05) is 0 Å². The van der Waals surface area contributed by atoms with Gasteiger partial charge in [-0.15, -0.1) is 0 Å². The Labute approximate surface area is 101 Å². The second-order valence-electron chi connectivity index (χ2n) is 4.31. The van der Waals surface area contributed by atoms with Crippen LogP contribution in [0.5, 0.6) is 6.01 Å². The van der Waals surface area contributed by atoms with Crippen molar-refractivity contribution in [2.45, 2.75) is 12.6 Å². The highest BCUT2D eigenvalue weighted by molar-refractivity contribution is 5.72. The fourth-order valence-corrected chi connectivity index (χ4v) is 2.17. The molecule has 8 heteroatoms. The summed E-state index contributed by atoms with van der Waals surface area (Å²) in [5.41, 5.74) is -0.211. The Balaban J connectivity index is 2.40. The van der Waals surface area contributed by atoms with Crippen molar-refractivity contribution >= 4 is 11.2 Å². The average Bonchev–Trinajstić information content (AvgIpc) is 2.90. The highest BCUT2D eigenvalue weighted by Gasteiger charge is 2.29. The minimum Gasteiger partial charge on any atom is -0.457 e. The predicted octanol–water partition coefficient (Wildman–Crippen LogP) is -1.81. The summed E-state index contributed by atoms with van der Waals surface area (Å²) >= 11 is 0. The van der Waals surface area contributed by atoms with Gasteiger partial charge in [-0.25, -0.2) is 4.79 Å². The first-order valence-electron chi connectivity index (χ1n) is 5.48. The zero-order valence-corrected chi connectivity index (χ0v) is 9.95. The topological polar surface area (TPSA) is 91.3 Å². The maximum absolute atomic E-state index is 12.1. The van der Waals surface area contributed by atoms with Gasteiger partial charge in [0.15, 0.2) is 11.2 Å². The Morgan fingerprint density at radius 3 is 2.78 bits per heavy atom. The molecule has 1 aliphatic heterocycles. The Morgan fingerprint density at radius 2 is 2.11 bits per heavy atom. The monoisotopic (exact) mass is 252 g/mol. The number of nitrogens with zero attached hydrogens (tertiary/aromatic N) is 4. The molecule has 18 heavy (non-hydrogen) atoms. The third-order valence-electron chi connectivity index (χ3n) is 3.17. The third kappa shape index (κ3) is 1.20. The van der Waals surface area contributed by atoms with Crippen molar-refractivity contribution in [1.82, 2.24) is 18.7 Å². The van der Waals surface area contributed by atoms with Gasteiger partial charge < -0.3 is 9.84 Å². The summed E-state index contributed by atoms with van der Waals surface area (Å²) in [6.07, 6.45) is -0.390. The first-order chi connectivity index (χ1) is 8.54. The number of hydrogen-bond donors (Lipinski definition) is 1. The van der Waals surface area contributed by atoms with E-state index >= 15 is 0 Å². The standard InChI is InChI=1S/C10H12N4O4/c1-12-7-6(8(16)13(2)10(12)17)14-3-5(4-15)18-9(14)11-7/h5,15H,3-4H2,1-2H3/t5-/m1/s1. The number of rotatable bonds is 1. The van der Waals surface area contributed by atoms with E-state index in [1.165, 1.54) is 11.6 Å². The van der Waals surface area contributed by atoms with Crippen LogP contribution in [-0.2, 0) is 20.6 Å². The van der Waals surface area contributed by atoms with Gasteiger partial charge in [0.2, 0.25) is 0 Å². The molecule has 2 aromatic heterocycles. The number of aryl methyl sites for hydroxylation is 1. The van der Waals surface area contributed by atoms with Gasteiger partial charge >= 0.3 is 5.69 Å². The molecule has 1 aliphatic rings. The number of aliphatic hydroxyl groups is 1. The summed E-state index contributed by atoms with van der Waals surface area (Å²) in [5.74, 6) is 0. The van der Waals surface area contributed by atoms with Gasteiger partial charge in [0, 0.05) is 14.1 Å². The van der Waals surface area contributed by atoms with Crippen LogP contribution in [0.3, 0.4) is 0 Å². The van der Waals surface area contributed by atoms with Crippen molar-refractivity contribution in [3.05, 3.63) is 20.8 Å². The number of imidazole rings is 1. The van der Waals surface area contributed by atoms with Gasteiger partial charge in [-0.2, -0.15) is 4.98 Å². The lowest BCUT2D eigenvalue weighted by Gasteiger charge is -2.06. The molecule has 0 bridgehead atoms. The Morgan fingerprint density at radius 1 is 1.39 bits per heavy atom. The number of aliphatic hydroxyl groups excluding tert-OH is 1. The van der Waals surface area contributed by atoms with E-state index in [9.17, 15) is 9.59 Å². The maximum atomic E-state index is 12.1. The molecule has 96 valence electrons. The van der Waals surface area contributed by atoms with Crippen LogP contribution in [0.2, 0.25) is 0 Å². The summed E-state index contributed by atoms with van der Waals surface area (Å²) < 4.78 is 9.30. The normalized spacial score (nSPS) is 18.1. The lowest BCUT2D eigenvalue weighted by atomic mass is 10.4. The Bertz CT molecular complexity index is 754. The molecule has 8 nitrogen and oxygen atoms in total. The Kier molecular flexibility index (Phi) is 2.11. The molecule has 0 saturated heterocycles. The van der Waals surface area contributed by atoms with E-state index in [1.54, 1.807) is 11.6 Å². The van der Waals surface area contributed by atoms with Crippen molar-refractivity contribution in [2.24, 2.45) is 14.1 Å². The summed E-state index contributed by atoms with van der Waals surface area (Å²) in [7, 11) is 2.97. The smallest absolute Gasteiger partial charge is 0.332 e. The molecule has 0 radical (unpaired) electrons. The summed E-state index contributed by atoms with van der Waals surface area (Å²) in [6, 6.07) is 0.266. The highest BCUT2D eigenvalue weighted by atomic mass is 16.5. The number of ether oxygens (including phenoxy) is 1. The lowest BCUT2D eigenvalue weighted by Crippen LogP contribution is -2.37. The van der Waals surface area contributed by atoms with Crippen LogP contribution < -0.4 is 16.0 Å². The molecule has 0 fully saturated rings. The van der Waals surface area contributed by atoms with Crippen LogP contribution in [-0.4, -0.2) is 36.5 Å². The number of fused-ring (bicyclic) bond motifs is 3. The summed E-state index contributed by atoms with van der Waals surface area (Å²) in [4.78, 5) is 28.0. The van der Waals surface area contributed by atoms with Crippen molar-refractivity contribution in [2.75, 3.05) is 6.61 Å². The van der Waals surface area contributed by atoms with E-state index < -0.39 is 11.2 Å². The van der Waals surface area contributed by atoms with Crippen molar-refractivity contribution in [3.63, 3.8) is 0 Å². The van der Waals surface area contributed by atoms with E-state index in [4.69, 9.17) is 9.84 Å². The van der Waals surface area contributed by atoms with E-state index in [0.717, 1.165) is 4.57 Å². The quantitative estimate of drug-likeness (QED) is 0.645. The largest absolute Gasteiger partial charge is 0.457 e. The zero-order valence-electron chi connectivity index (χ0n) is 9.95. The number of hydrogen-bond acceptors (Lipinski definition) is 5. The van der Waals surface area contributed by atoms with Gasteiger partial charge in [-0.1, -0.05) is 0 Å². The average molecular weight is 252 g/mol. The lowest BCUT2D eigenvalue weighted by molar-refractivity contribution is 0.130. The SMILES string of the molecule is Cn1c(=O)c2c(nc3n2C[C@H](CO)O3)n(C)c1=O. The number of aromatic nitrogens is 4. The van der Waals surface area contributed by atoms with Crippen molar-refractivity contribution < 1.29 is 9.84 Å². The van der Waals surface area contributed by atoms with E-state index in [0.29, 0.717) is 17.7 Å². The third-order valence-corrected chi connectivity index (χ3v) is 3.17. The van der Waals surface area contributed by atoms with Crippen LogP contribution >= 0.6 is 0 Å². The zero-order chi connectivity index (χ0) is 13.0. The summed E-state index contributed by atoms with van der Waals surface area (Å²) in [6.45, 7) is 0.215. The minimum atomic E-state index is -0.428. The molecule has 0 spiro atoms. The summed E-state index contributed by atoms with van der Waals surface area (Å²) in [5, 5.41) is 9.05. The van der Waals surface area contributed by atoms with Gasteiger partial charge in [0.1, 0.15) is 6.10 Å².